The van der Waals surface area contributed by atoms with Crippen molar-refractivity contribution in [3.63, 3.8) is 0 Å². The lowest BCUT2D eigenvalue weighted by Crippen LogP contribution is -2.06. The van der Waals surface area contributed by atoms with Crippen LogP contribution in [0.4, 0.5) is 0 Å². The Bertz CT molecular complexity index is 787. The van der Waals surface area contributed by atoms with Gasteiger partial charge in [-0.2, -0.15) is 0 Å². The summed E-state index contributed by atoms with van der Waals surface area (Å²) >= 11 is 12.2. The van der Waals surface area contributed by atoms with E-state index < -0.39 is 0 Å². The zero-order valence-corrected chi connectivity index (χ0v) is 13.4. The van der Waals surface area contributed by atoms with E-state index in [9.17, 15) is 0 Å². The van der Waals surface area contributed by atoms with Gasteiger partial charge in [-0.05, 0) is 26.8 Å². The largest absolute Gasteiger partial charge is 0.444 e. The molecule has 110 valence electrons. The number of aromatic nitrogens is 4. The third kappa shape index (κ3) is 2.63. The van der Waals surface area contributed by atoms with Crippen molar-refractivity contribution in [2.45, 2.75) is 32.7 Å². The molecule has 7 heteroatoms. The van der Waals surface area contributed by atoms with Gasteiger partial charge in [-0.25, -0.2) is 15.0 Å². The SMILES string of the molecule is Cc1nc(Cn2c(C(C)Cl)nc3cc(Cl)cnc32)oc1C. The molecule has 0 spiro atoms. The Labute approximate surface area is 131 Å². The number of hydrogen-bond donors (Lipinski definition) is 0. The molecule has 1 unspecified atom stereocenters. The molecule has 0 saturated heterocycles. The van der Waals surface area contributed by atoms with E-state index in [4.69, 9.17) is 27.6 Å². The maximum atomic E-state index is 6.23. The predicted octanol–water partition coefficient (Wildman–Crippen LogP) is 4.04. The van der Waals surface area contributed by atoms with Crippen LogP contribution in [0.1, 0.15) is 35.5 Å². The molecule has 0 aromatic carbocycles. The minimum absolute atomic E-state index is 0.255. The van der Waals surface area contributed by atoms with Crippen molar-refractivity contribution < 1.29 is 4.42 Å². The lowest BCUT2D eigenvalue weighted by atomic mass is 10.4. The Morgan fingerprint density at radius 1 is 1.33 bits per heavy atom. The molecule has 3 aromatic heterocycles. The van der Waals surface area contributed by atoms with Gasteiger partial charge in [0.05, 0.1) is 16.1 Å². The number of nitrogens with zero attached hydrogens (tertiary/aromatic N) is 4. The summed E-state index contributed by atoms with van der Waals surface area (Å²) in [4.78, 5) is 13.3. The maximum Gasteiger partial charge on any atom is 0.214 e. The summed E-state index contributed by atoms with van der Waals surface area (Å²) in [6.45, 7) is 6.11. The third-order valence-corrected chi connectivity index (χ3v) is 3.70. The summed E-state index contributed by atoms with van der Waals surface area (Å²) in [5.41, 5.74) is 2.31. The van der Waals surface area contributed by atoms with Crippen molar-refractivity contribution in [2.24, 2.45) is 0 Å². The van der Waals surface area contributed by atoms with Gasteiger partial charge in [-0.3, -0.25) is 0 Å². The van der Waals surface area contributed by atoms with Crippen molar-refractivity contribution >= 4 is 34.4 Å². The van der Waals surface area contributed by atoms with Crippen molar-refractivity contribution in [3.05, 3.63) is 40.5 Å². The molecule has 5 nitrogen and oxygen atoms in total. The highest BCUT2D eigenvalue weighted by Crippen LogP contribution is 2.26. The fraction of sp³-hybridized carbons (Fsp3) is 0.357. The number of hydrogen-bond acceptors (Lipinski definition) is 4. The maximum absolute atomic E-state index is 6.23. The number of rotatable bonds is 3. The topological polar surface area (TPSA) is 56.7 Å². The predicted molar refractivity (Wildman–Crippen MR) is 81.9 cm³/mol. The zero-order chi connectivity index (χ0) is 15.1. The van der Waals surface area contributed by atoms with Crippen LogP contribution in [0.3, 0.4) is 0 Å². The van der Waals surface area contributed by atoms with Gasteiger partial charge in [0, 0.05) is 6.20 Å². The first-order valence-corrected chi connectivity index (χ1v) is 7.36. The molecule has 0 aliphatic rings. The molecular weight excluding hydrogens is 311 g/mol. The second-order valence-corrected chi connectivity index (χ2v) is 6.01. The van der Waals surface area contributed by atoms with Crippen LogP contribution in [0, 0.1) is 13.8 Å². The van der Waals surface area contributed by atoms with Crippen LogP contribution in [0.15, 0.2) is 16.7 Å². The standard InChI is InChI=1S/C14H14Cl2N4O/c1-7(15)13-19-11-4-10(16)5-17-14(11)20(13)6-12-18-8(2)9(3)21-12/h4-5,7H,6H2,1-3H3. The number of alkyl halides is 1. The Balaban J connectivity index is 2.12. The number of oxazole rings is 1. The van der Waals surface area contributed by atoms with E-state index in [-0.39, 0.29) is 5.38 Å². The second kappa shape index (κ2) is 5.31. The Morgan fingerprint density at radius 3 is 2.71 bits per heavy atom. The van der Waals surface area contributed by atoms with Gasteiger partial charge in [0.1, 0.15) is 23.6 Å². The molecule has 0 saturated carbocycles. The molecule has 3 rings (SSSR count). The highest BCUT2D eigenvalue weighted by atomic mass is 35.5. The quantitative estimate of drug-likeness (QED) is 0.682. The van der Waals surface area contributed by atoms with Gasteiger partial charge in [-0.1, -0.05) is 11.6 Å². The van der Waals surface area contributed by atoms with Crippen molar-refractivity contribution in [1.82, 2.24) is 19.5 Å². The summed E-state index contributed by atoms with van der Waals surface area (Å²) in [6.07, 6.45) is 1.59. The first kappa shape index (κ1) is 14.4. The van der Waals surface area contributed by atoms with E-state index in [0.29, 0.717) is 23.0 Å². The highest BCUT2D eigenvalue weighted by Gasteiger charge is 2.18. The number of aryl methyl sites for hydroxylation is 2. The van der Waals surface area contributed by atoms with Gasteiger partial charge in [0.25, 0.3) is 0 Å². The summed E-state index contributed by atoms with van der Waals surface area (Å²) < 4.78 is 7.55. The van der Waals surface area contributed by atoms with Crippen LogP contribution in [0.2, 0.25) is 5.02 Å². The van der Waals surface area contributed by atoms with Crippen LogP contribution in [0.25, 0.3) is 11.2 Å². The number of imidazole rings is 1. The number of fused-ring (bicyclic) bond motifs is 1. The van der Waals surface area contributed by atoms with Crippen molar-refractivity contribution in [3.8, 4) is 0 Å². The molecule has 0 amide bonds. The van der Waals surface area contributed by atoms with Crippen LogP contribution in [-0.2, 0) is 6.54 Å². The molecule has 0 N–H and O–H groups in total. The minimum atomic E-state index is -0.255. The Morgan fingerprint density at radius 2 is 2.10 bits per heavy atom. The Kier molecular flexibility index (Phi) is 3.63. The van der Waals surface area contributed by atoms with E-state index in [1.165, 1.54) is 0 Å². The normalized spacial score (nSPS) is 13.0. The average molecular weight is 325 g/mol. The van der Waals surface area contributed by atoms with Gasteiger partial charge < -0.3 is 8.98 Å². The van der Waals surface area contributed by atoms with Gasteiger partial charge in [0.15, 0.2) is 5.65 Å². The van der Waals surface area contributed by atoms with Crippen LogP contribution >= 0.6 is 23.2 Å². The first-order valence-electron chi connectivity index (χ1n) is 6.54. The summed E-state index contributed by atoms with van der Waals surface area (Å²) in [5.74, 6) is 2.14. The first-order chi connectivity index (χ1) is 9.95. The van der Waals surface area contributed by atoms with Crippen molar-refractivity contribution in [2.75, 3.05) is 0 Å². The van der Waals surface area contributed by atoms with Gasteiger partial charge >= 0.3 is 0 Å². The Hall–Kier alpha value is -1.59. The molecule has 3 heterocycles. The fourth-order valence-corrected chi connectivity index (χ4v) is 2.52. The van der Waals surface area contributed by atoms with Crippen LogP contribution in [0.5, 0.6) is 0 Å². The van der Waals surface area contributed by atoms with Crippen LogP contribution in [-0.4, -0.2) is 19.5 Å². The summed E-state index contributed by atoms with van der Waals surface area (Å²) in [6, 6.07) is 1.77. The van der Waals surface area contributed by atoms with Gasteiger partial charge in [-0.15, -0.1) is 11.6 Å². The molecule has 0 bridgehead atoms. The third-order valence-electron chi connectivity index (χ3n) is 3.30. The van der Waals surface area contributed by atoms with Gasteiger partial charge in [0.2, 0.25) is 5.89 Å². The molecule has 0 aliphatic carbocycles. The van der Waals surface area contributed by atoms with E-state index in [1.54, 1.807) is 12.3 Å². The molecule has 0 radical (unpaired) electrons. The zero-order valence-electron chi connectivity index (χ0n) is 11.9. The monoisotopic (exact) mass is 324 g/mol. The highest BCUT2D eigenvalue weighted by molar-refractivity contribution is 6.31. The smallest absolute Gasteiger partial charge is 0.214 e. The number of pyridine rings is 1. The molecular formula is C14H14Cl2N4O. The van der Waals surface area contributed by atoms with E-state index in [1.807, 2.05) is 25.3 Å². The summed E-state index contributed by atoms with van der Waals surface area (Å²) in [7, 11) is 0. The molecule has 0 fully saturated rings. The second-order valence-electron chi connectivity index (χ2n) is 4.92. The molecule has 0 aliphatic heterocycles. The van der Waals surface area contributed by atoms with E-state index in [2.05, 4.69) is 15.0 Å². The van der Waals surface area contributed by atoms with Crippen LogP contribution < -0.4 is 0 Å². The molecule has 3 aromatic rings. The van der Waals surface area contributed by atoms with Crippen molar-refractivity contribution in [1.29, 1.82) is 0 Å². The lowest BCUT2D eigenvalue weighted by Gasteiger charge is -2.07. The summed E-state index contributed by atoms with van der Waals surface area (Å²) in [5, 5.41) is 0.291. The fourth-order valence-electron chi connectivity index (χ4n) is 2.21. The van der Waals surface area contributed by atoms with E-state index >= 15 is 0 Å². The minimum Gasteiger partial charge on any atom is -0.444 e. The molecule has 1 atom stereocenters. The molecule has 21 heavy (non-hydrogen) atoms. The average Bonchev–Trinajstić information content (AvgIpc) is 2.91. The lowest BCUT2D eigenvalue weighted by molar-refractivity contribution is 0.455. The number of halogens is 2. The van der Waals surface area contributed by atoms with E-state index in [0.717, 1.165) is 22.9 Å².